The third kappa shape index (κ3) is 3.62. The Kier molecular flexibility index (Phi) is 5.86. The van der Waals surface area contributed by atoms with Crippen molar-refractivity contribution in [3.05, 3.63) is 96.9 Å². The molecule has 0 unspecified atom stereocenters. The van der Waals surface area contributed by atoms with Gasteiger partial charge >= 0.3 is 184 Å². The van der Waals surface area contributed by atoms with Crippen LogP contribution >= 0.6 is 19.0 Å². The zero-order valence-electron chi connectivity index (χ0n) is 17.9. The molecule has 0 aliphatic rings. The molecule has 0 aliphatic heterocycles. The minimum atomic E-state index is -2.65. The molecule has 0 spiro atoms. The van der Waals surface area contributed by atoms with Crippen LogP contribution in [0.3, 0.4) is 0 Å². The number of thioether (sulfide) groups is 1. The van der Waals surface area contributed by atoms with Crippen LogP contribution in [0.5, 0.6) is 0 Å². The van der Waals surface area contributed by atoms with Gasteiger partial charge in [0.2, 0.25) is 0 Å². The van der Waals surface area contributed by atoms with E-state index in [-0.39, 0.29) is 5.41 Å². The van der Waals surface area contributed by atoms with Gasteiger partial charge in [0, 0.05) is 0 Å². The van der Waals surface area contributed by atoms with Crippen molar-refractivity contribution in [2.75, 3.05) is 6.26 Å². The molecular weight excluding hydrogens is 405 g/mol. The molecule has 4 heteroatoms. The number of aromatic nitrogens is 1. The average Bonchev–Trinajstić information content (AvgIpc) is 3.22. The summed E-state index contributed by atoms with van der Waals surface area (Å²) >= 11 is 1.65. The zero-order valence-corrected chi connectivity index (χ0v) is 19.7. The van der Waals surface area contributed by atoms with Crippen LogP contribution in [0.25, 0.3) is 0 Å². The molecule has 1 aromatic heterocycles. The SMILES string of the molecule is CSc1oc(C(C)(C)C)nc1[PH](c1ccccc1)(c1ccccc1)c1ccccc1. The van der Waals surface area contributed by atoms with Gasteiger partial charge in [0.15, 0.2) is 0 Å². The molecule has 0 saturated heterocycles. The Labute approximate surface area is 184 Å². The van der Waals surface area contributed by atoms with Gasteiger partial charge in [-0.3, -0.25) is 0 Å². The second-order valence-electron chi connectivity index (χ2n) is 8.46. The Morgan fingerprint density at radius 3 is 1.43 bits per heavy atom. The number of oxazole rings is 1. The first-order valence-electron chi connectivity index (χ1n) is 10.2. The minimum absolute atomic E-state index is 0.160. The van der Waals surface area contributed by atoms with Crippen molar-refractivity contribution in [3.63, 3.8) is 0 Å². The quantitative estimate of drug-likeness (QED) is 0.326. The van der Waals surface area contributed by atoms with Crippen LogP contribution < -0.4 is 21.3 Å². The Hall–Kier alpha value is -2.35. The van der Waals surface area contributed by atoms with Crippen molar-refractivity contribution >= 4 is 40.4 Å². The average molecular weight is 434 g/mol. The van der Waals surface area contributed by atoms with Gasteiger partial charge in [-0.05, 0) is 0 Å². The summed E-state index contributed by atoms with van der Waals surface area (Å²) < 4.78 is 6.39. The number of benzene rings is 3. The third-order valence-electron chi connectivity index (χ3n) is 5.40. The second kappa shape index (κ2) is 8.41. The van der Waals surface area contributed by atoms with E-state index in [2.05, 4.69) is 118 Å². The van der Waals surface area contributed by atoms with E-state index in [1.807, 2.05) is 0 Å². The summed E-state index contributed by atoms with van der Waals surface area (Å²) in [4.78, 5) is 5.23. The van der Waals surface area contributed by atoms with Gasteiger partial charge in [0.05, 0.1) is 0 Å². The summed E-state index contributed by atoms with van der Waals surface area (Å²) in [5.41, 5.74) is 0.927. The second-order valence-corrected chi connectivity index (χ2v) is 12.9. The summed E-state index contributed by atoms with van der Waals surface area (Å²) in [6.07, 6.45) is 2.08. The van der Waals surface area contributed by atoms with Gasteiger partial charge < -0.3 is 0 Å². The fraction of sp³-hybridized carbons (Fsp3) is 0.192. The van der Waals surface area contributed by atoms with Crippen molar-refractivity contribution in [1.29, 1.82) is 0 Å². The maximum absolute atomic E-state index is 6.39. The molecule has 2 nitrogen and oxygen atoms in total. The monoisotopic (exact) mass is 433 g/mol. The number of hydrogen-bond donors (Lipinski definition) is 0. The molecule has 30 heavy (non-hydrogen) atoms. The molecule has 0 bridgehead atoms. The van der Waals surface area contributed by atoms with Gasteiger partial charge in [-0.2, -0.15) is 0 Å². The Morgan fingerprint density at radius 2 is 1.10 bits per heavy atom. The molecule has 0 saturated carbocycles. The van der Waals surface area contributed by atoms with Crippen LogP contribution in [0.2, 0.25) is 0 Å². The zero-order chi connectivity index (χ0) is 21.2. The molecule has 3 aromatic carbocycles. The fourth-order valence-corrected chi connectivity index (χ4v) is 9.67. The van der Waals surface area contributed by atoms with E-state index < -0.39 is 7.26 Å². The first-order chi connectivity index (χ1) is 14.5. The molecule has 4 rings (SSSR count). The van der Waals surface area contributed by atoms with E-state index in [1.165, 1.54) is 15.9 Å². The van der Waals surface area contributed by atoms with Crippen molar-refractivity contribution in [2.45, 2.75) is 31.3 Å². The van der Waals surface area contributed by atoms with E-state index >= 15 is 0 Å². The standard InChI is InChI=1S/C26H28NOPS/c1-26(2,3)25-27-23(24(28-25)30-4)29(20-14-8-5-9-15-20,21-16-10-6-11-17-21)22-18-12-7-13-19-22/h5-19,29H,1-4H3. The van der Waals surface area contributed by atoms with E-state index in [4.69, 9.17) is 9.40 Å². The Balaban J connectivity index is 2.16. The van der Waals surface area contributed by atoms with Crippen molar-refractivity contribution in [3.8, 4) is 0 Å². The topological polar surface area (TPSA) is 26.0 Å². The molecule has 1 heterocycles. The van der Waals surface area contributed by atoms with Gasteiger partial charge in [0.1, 0.15) is 0 Å². The van der Waals surface area contributed by atoms with E-state index in [1.54, 1.807) is 11.8 Å². The van der Waals surface area contributed by atoms with E-state index in [9.17, 15) is 0 Å². The summed E-state index contributed by atoms with van der Waals surface area (Å²) in [6.45, 7) is 6.47. The van der Waals surface area contributed by atoms with E-state index in [0.717, 1.165) is 16.4 Å². The van der Waals surface area contributed by atoms with E-state index in [0.29, 0.717) is 0 Å². The molecule has 0 N–H and O–H groups in total. The van der Waals surface area contributed by atoms with Crippen LogP contribution in [0.15, 0.2) is 101 Å². The van der Waals surface area contributed by atoms with Crippen LogP contribution in [0, 0.1) is 0 Å². The molecule has 4 aromatic rings. The van der Waals surface area contributed by atoms with Gasteiger partial charge in [0.25, 0.3) is 0 Å². The summed E-state index contributed by atoms with van der Waals surface area (Å²) in [6, 6.07) is 32.5. The van der Waals surface area contributed by atoms with Crippen LogP contribution in [-0.4, -0.2) is 11.2 Å². The van der Waals surface area contributed by atoms with Gasteiger partial charge in [-0.25, -0.2) is 0 Å². The van der Waals surface area contributed by atoms with Crippen molar-refractivity contribution < 1.29 is 4.42 Å². The molecular formula is C26H28NOPS. The molecule has 0 atom stereocenters. The number of nitrogens with zero attached hydrogens (tertiary/aromatic N) is 1. The van der Waals surface area contributed by atoms with Crippen molar-refractivity contribution in [2.24, 2.45) is 0 Å². The third-order valence-corrected chi connectivity index (χ3v) is 10.9. The first kappa shape index (κ1) is 20.9. The number of hydrogen-bond acceptors (Lipinski definition) is 3. The molecule has 0 fully saturated rings. The summed E-state index contributed by atoms with van der Waals surface area (Å²) in [5, 5.41) is 4.85. The molecule has 0 radical (unpaired) electrons. The molecule has 154 valence electrons. The van der Waals surface area contributed by atoms with Crippen LogP contribution in [0.4, 0.5) is 0 Å². The van der Waals surface area contributed by atoms with Gasteiger partial charge in [-0.15, -0.1) is 0 Å². The predicted octanol–water partition coefficient (Wildman–Crippen LogP) is 5.05. The fourth-order valence-electron chi connectivity index (χ4n) is 3.98. The van der Waals surface area contributed by atoms with Crippen LogP contribution in [-0.2, 0) is 5.41 Å². The maximum atomic E-state index is 6.39. The van der Waals surface area contributed by atoms with Gasteiger partial charge in [-0.1, -0.05) is 0 Å². The van der Waals surface area contributed by atoms with Crippen LogP contribution in [0.1, 0.15) is 26.7 Å². The van der Waals surface area contributed by atoms with Crippen molar-refractivity contribution in [1.82, 2.24) is 4.98 Å². The molecule has 0 aliphatic carbocycles. The predicted molar refractivity (Wildman–Crippen MR) is 133 cm³/mol. The Morgan fingerprint density at radius 1 is 0.700 bits per heavy atom. The molecule has 0 amide bonds. The summed E-state index contributed by atoms with van der Waals surface area (Å²) in [7, 11) is -2.65. The summed E-state index contributed by atoms with van der Waals surface area (Å²) in [5.74, 6) is 0.793. The normalized spacial score (nSPS) is 12.7. The Bertz CT molecular complexity index is 1010. The first-order valence-corrected chi connectivity index (χ1v) is 13.4. The number of rotatable bonds is 5.